The number of aromatic nitrogens is 4. The molecule has 0 amide bonds. The van der Waals surface area contributed by atoms with Gasteiger partial charge in [-0.1, -0.05) is 37.3 Å². The Bertz CT molecular complexity index is 1150. The van der Waals surface area contributed by atoms with Crippen molar-refractivity contribution in [3.8, 4) is 11.5 Å². The van der Waals surface area contributed by atoms with Crippen LogP contribution in [0.4, 0.5) is 0 Å². The molecule has 1 aromatic carbocycles. The van der Waals surface area contributed by atoms with Crippen LogP contribution >= 0.6 is 0 Å². The first kappa shape index (κ1) is 17.3. The summed E-state index contributed by atoms with van der Waals surface area (Å²) in [5.74, 6) is 0.780. The van der Waals surface area contributed by atoms with Gasteiger partial charge in [-0.25, -0.2) is 4.98 Å². The molecule has 1 aliphatic rings. The third-order valence-corrected chi connectivity index (χ3v) is 5.59. The van der Waals surface area contributed by atoms with E-state index in [1.807, 2.05) is 16.5 Å². The van der Waals surface area contributed by atoms with Crippen molar-refractivity contribution in [3.05, 3.63) is 59.8 Å². The maximum absolute atomic E-state index is 6.05. The third kappa shape index (κ3) is 3.04. The van der Waals surface area contributed by atoms with Gasteiger partial charge >= 0.3 is 0 Å². The zero-order valence-electron chi connectivity index (χ0n) is 16.0. The van der Waals surface area contributed by atoms with Crippen molar-refractivity contribution >= 4 is 16.6 Å². The summed E-state index contributed by atoms with van der Waals surface area (Å²) in [6, 6.07) is 14.9. The van der Waals surface area contributed by atoms with Gasteiger partial charge in [0.15, 0.2) is 11.5 Å². The zero-order valence-corrected chi connectivity index (χ0v) is 16.0. The minimum Gasteiger partial charge on any atom is -0.326 e. The molecule has 1 aliphatic heterocycles. The SMILES string of the molecule is CCc1cccc2ccc(-c3nnc4ccc(CN5CCC(N)C5)cn34)nc12. The van der Waals surface area contributed by atoms with Crippen molar-refractivity contribution in [3.63, 3.8) is 0 Å². The highest BCUT2D eigenvalue weighted by molar-refractivity contribution is 5.84. The molecular weight excluding hydrogens is 348 g/mol. The molecule has 6 heteroatoms. The Labute approximate surface area is 164 Å². The number of hydrogen-bond acceptors (Lipinski definition) is 5. The second-order valence-corrected chi connectivity index (χ2v) is 7.61. The molecule has 5 rings (SSSR count). The highest BCUT2D eigenvalue weighted by Crippen LogP contribution is 2.24. The van der Waals surface area contributed by atoms with Crippen LogP contribution in [0.15, 0.2) is 48.7 Å². The molecule has 142 valence electrons. The summed E-state index contributed by atoms with van der Waals surface area (Å²) in [6.07, 6.45) is 4.16. The molecule has 1 atom stereocenters. The monoisotopic (exact) mass is 372 g/mol. The van der Waals surface area contributed by atoms with E-state index in [2.05, 4.69) is 58.5 Å². The van der Waals surface area contributed by atoms with E-state index in [1.165, 1.54) is 11.1 Å². The van der Waals surface area contributed by atoms with E-state index in [9.17, 15) is 0 Å². The predicted molar refractivity (Wildman–Crippen MR) is 111 cm³/mol. The maximum Gasteiger partial charge on any atom is 0.187 e. The average molecular weight is 372 g/mol. The molecule has 0 aliphatic carbocycles. The van der Waals surface area contributed by atoms with Gasteiger partial charge in [0.05, 0.1) is 5.52 Å². The molecule has 0 saturated carbocycles. The Morgan fingerprint density at radius 3 is 2.86 bits per heavy atom. The number of nitrogens with zero attached hydrogens (tertiary/aromatic N) is 5. The lowest BCUT2D eigenvalue weighted by Crippen LogP contribution is -2.26. The summed E-state index contributed by atoms with van der Waals surface area (Å²) in [7, 11) is 0. The predicted octanol–water partition coefficient (Wildman–Crippen LogP) is 3.04. The van der Waals surface area contributed by atoms with E-state index in [-0.39, 0.29) is 0 Å². The van der Waals surface area contributed by atoms with Crippen molar-refractivity contribution < 1.29 is 0 Å². The summed E-state index contributed by atoms with van der Waals surface area (Å²) in [6.45, 7) is 5.07. The van der Waals surface area contributed by atoms with Crippen LogP contribution in [0, 0.1) is 0 Å². The summed E-state index contributed by atoms with van der Waals surface area (Å²) < 4.78 is 2.05. The van der Waals surface area contributed by atoms with Crippen molar-refractivity contribution in [2.45, 2.75) is 32.4 Å². The Hall–Kier alpha value is -2.83. The van der Waals surface area contributed by atoms with Gasteiger partial charge in [-0.15, -0.1) is 10.2 Å². The topological polar surface area (TPSA) is 72.3 Å². The number of hydrogen-bond donors (Lipinski definition) is 1. The molecule has 0 radical (unpaired) electrons. The first-order valence-corrected chi connectivity index (χ1v) is 9.92. The standard InChI is InChI=1S/C22H24N6/c1-2-16-4-3-5-17-7-8-19(24-21(16)17)22-26-25-20-9-6-15(13-28(20)22)12-27-11-10-18(23)14-27/h3-9,13,18H,2,10-12,14,23H2,1H3. The summed E-state index contributed by atoms with van der Waals surface area (Å²) in [5, 5.41) is 9.93. The van der Waals surface area contributed by atoms with Gasteiger partial charge in [-0.2, -0.15) is 0 Å². The van der Waals surface area contributed by atoms with Crippen LogP contribution in [-0.2, 0) is 13.0 Å². The van der Waals surface area contributed by atoms with Crippen LogP contribution < -0.4 is 5.73 Å². The lowest BCUT2D eigenvalue weighted by molar-refractivity contribution is 0.326. The van der Waals surface area contributed by atoms with Gasteiger partial charge in [0.2, 0.25) is 0 Å². The fraction of sp³-hybridized carbons (Fsp3) is 0.318. The van der Waals surface area contributed by atoms with Crippen molar-refractivity contribution in [1.29, 1.82) is 0 Å². The van der Waals surface area contributed by atoms with Gasteiger partial charge in [-0.3, -0.25) is 9.30 Å². The molecule has 1 saturated heterocycles. The van der Waals surface area contributed by atoms with Gasteiger partial charge < -0.3 is 5.73 Å². The number of benzene rings is 1. The van der Waals surface area contributed by atoms with E-state index in [1.54, 1.807) is 0 Å². The number of fused-ring (bicyclic) bond motifs is 2. The fourth-order valence-electron chi connectivity index (χ4n) is 4.09. The quantitative estimate of drug-likeness (QED) is 0.596. The van der Waals surface area contributed by atoms with E-state index < -0.39 is 0 Å². The van der Waals surface area contributed by atoms with Gasteiger partial charge in [0.25, 0.3) is 0 Å². The number of rotatable bonds is 4. The Morgan fingerprint density at radius 2 is 2.04 bits per heavy atom. The molecular formula is C22H24N6. The van der Waals surface area contributed by atoms with Crippen molar-refractivity contribution in [2.24, 2.45) is 5.73 Å². The highest BCUT2D eigenvalue weighted by atomic mass is 15.3. The van der Waals surface area contributed by atoms with Crippen molar-refractivity contribution in [2.75, 3.05) is 13.1 Å². The molecule has 28 heavy (non-hydrogen) atoms. The van der Waals surface area contributed by atoms with Crippen LogP contribution in [0.1, 0.15) is 24.5 Å². The second kappa shape index (κ2) is 6.96. The van der Waals surface area contributed by atoms with E-state index in [0.717, 1.165) is 60.5 Å². The minimum atomic E-state index is 0.295. The van der Waals surface area contributed by atoms with Crippen LogP contribution in [0.2, 0.25) is 0 Å². The number of pyridine rings is 2. The smallest absolute Gasteiger partial charge is 0.187 e. The molecule has 2 N–H and O–H groups in total. The van der Waals surface area contributed by atoms with Crippen LogP contribution in [0.25, 0.3) is 28.1 Å². The highest BCUT2D eigenvalue weighted by Gasteiger charge is 2.19. The molecule has 3 aromatic heterocycles. The lowest BCUT2D eigenvalue weighted by Gasteiger charge is -2.15. The van der Waals surface area contributed by atoms with Gasteiger partial charge in [0, 0.05) is 37.3 Å². The number of aryl methyl sites for hydroxylation is 1. The minimum absolute atomic E-state index is 0.295. The van der Waals surface area contributed by atoms with E-state index in [0.29, 0.717) is 6.04 Å². The Morgan fingerprint density at radius 1 is 1.11 bits per heavy atom. The zero-order chi connectivity index (χ0) is 19.1. The fourth-order valence-corrected chi connectivity index (χ4v) is 4.09. The molecule has 1 fully saturated rings. The first-order chi connectivity index (χ1) is 13.7. The maximum atomic E-state index is 6.05. The van der Waals surface area contributed by atoms with Gasteiger partial charge in [-0.05, 0) is 36.1 Å². The van der Waals surface area contributed by atoms with E-state index in [4.69, 9.17) is 10.7 Å². The Kier molecular flexibility index (Phi) is 4.30. The lowest BCUT2D eigenvalue weighted by atomic mass is 10.1. The van der Waals surface area contributed by atoms with Crippen LogP contribution in [-0.4, -0.2) is 43.6 Å². The number of para-hydroxylation sites is 1. The summed E-state index contributed by atoms with van der Waals surface area (Å²) >= 11 is 0. The first-order valence-electron chi connectivity index (χ1n) is 9.92. The molecule has 4 aromatic rings. The normalized spacial score (nSPS) is 17.7. The van der Waals surface area contributed by atoms with Crippen LogP contribution in [0.5, 0.6) is 0 Å². The molecule has 0 spiro atoms. The molecule has 1 unspecified atom stereocenters. The number of nitrogens with two attached hydrogens (primary N) is 1. The number of likely N-dealkylation sites (tertiary alicyclic amines) is 1. The van der Waals surface area contributed by atoms with Gasteiger partial charge in [0.1, 0.15) is 5.69 Å². The van der Waals surface area contributed by atoms with Crippen LogP contribution in [0.3, 0.4) is 0 Å². The largest absolute Gasteiger partial charge is 0.326 e. The van der Waals surface area contributed by atoms with Crippen molar-refractivity contribution in [1.82, 2.24) is 24.5 Å². The summed E-state index contributed by atoms with van der Waals surface area (Å²) in [4.78, 5) is 7.33. The van der Waals surface area contributed by atoms with E-state index >= 15 is 0 Å². The Balaban J connectivity index is 1.55. The summed E-state index contributed by atoms with van der Waals surface area (Å²) in [5.41, 5.74) is 11.3. The second-order valence-electron chi connectivity index (χ2n) is 7.61. The molecule has 4 heterocycles. The third-order valence-electron chi connectivity index (χ3n) is 5.59. The average Bonchev–Trinajstić information content (AvgIpc) is 3.32. The molecule has 6 nitrogen and oxygen atoms in total. The molecule has 0 bridgehead atoms.